The van der Waals surface area contributed by atoms with Gasteiger partial charge in [-0.15, -0.1) is 0 Å². The fourth-order valence-electron chi connectivity index (χ4n) is 3.33. The lowest BCUT2D eigenvalue weighted by atomic mass is 10.1. The highest BCUT2D eigenvalue weighted by atomic mass is 16.4. The van der Waals surface area contributed by atoms with Crippen LogP contribution in [0.25, 0.3) is 10.9 Å². The highest BCUT2D eigenvalue weighted by Crippen LogP contribution is 2.20. The normalized spacial score (nSPS) is 10.8. The quantitative estimate of drug-likeness (QED) is 0.513. The highest BCUT2D eigenvalue weighted by Gasteiger charge is 2.18. The molecule has 3 aromatic carbocycles. The molecule has 0 radical (unpaired) electrons. The molecule has 0 saturated heterocycles. The van der Waals surface area contributed by atoms with Crippen molar-refractivity contribution in [3.05, 3.63) is 101 Å². The van der Waals surface area contributed by atoms with E-state index in [9.17, 15) is 9.59 Å². The van der Waals surface area contributed by atoms with E-state index in [1.807, 2.05) is 55.5 Å². The SMILES string of the molecule is Cc1ccc(Cn2nc3ccccc3c2C(=O)NCc2ccc(C(=O)O)cc2)cc1. The summed E-state index contributed by atoms with van der Waals surface area (Å²) in [5.74, 6) is -1.20. The summed E-state index contributed by atoms with van der Waals surface area (Å²) in [4.78, 5) is 24.1. The van der Waals surface area contributed by atoms with Gasteiger partial charge in [0, 0.05) is 11.9 Å². The van der Waals surface area contributed by atoms with Crippen molar-refractivity contribution >= 4 is 22.8 Å². The van der Waals surface area contributed by atoms with E-state index < -0.39 is 5.97 Å². The van der Waals surface area contributed by atoms with E-state index in [0.29, 0.717) is 18.8 Å². The van der Waals surface area contributed by atoms with E-state index in [1.54, 1.807) is 16.8 Å². The predicted molar refractivity (Wildman–Crippen MR) is 115 cm³/mol. The van der Waals surface area contributed by atoms with Crippen molar-refractivity contribution < 1.29 is 14.7 Å². The molecule has 1 amide bonds. The van der Waals surface area contributed by atoms with Crippen LogP contribution in [0.4, 0.5) is 0 Å². The molecule has 0 bridgehead atoms. The lowest BCUT2D eigenvalue weighted by Crippen LogP contribution is -2.26. The summed E-state index contributed by atoms with van der Waals surface area (Å²) in [6, 6.07) is 22.2. The second-order valence-electron chi connectivity index (χ2n) is 7.19. The minimum atomic E-state index is -0.975. The van der Waals surface area contributed by atoms with Crippen LogP contribution in [0.1, 0.15) is 37.5 Å². The molecule has 30 heavy (non-hydrogen) atoms. The minimum Gasteiger partial charge on any atom is -0.478 e. The Morgan fingerprint density at radius 1 is 0.933 bits per heavy atom. The number of benzene rings is 3. The maximum atomic E-state index is 13.1. The van der Waals surface area contributed by atoms with Crippen LogP contribution in [0.5, 0.6) is 0 Å². The Hall–Kier alpha value is -3.93. The Morgan fingerprint density at radius 2 is 1.60 bits per heavy atom. The van der Waals surface area contributed by atoms with E-state index in [0.717, 1.165) is 22.0 Å². The van der Waals surface area contributed by atoms with Crippen molar-refractivity contribution in [1.29, 1.82) is 0 Å². The first-order valence-corrected chi connectivity index (χ1v) is 9.63. The molecular weight excluding hydrogens is 378 g/mol. The van der Waals surface area contributed by atoms with Gasteiger partial charge in [0.1, 0.15) is 5.69 Å². The first-order chi connectivity index (χ1) is 14.5. The minimum absolute atomic E-state index is 0.215. The number of aromatic carboxylic acids is 1. The summed E-state index contributed by atoms with van der Waals surface area (Å²) in [7, 11) is 0. The number of aromatic nitrogens is 2. The number of carboxylic acids is 1. The third-order valence-electron chi connectivity index (χ3n) is 4.97. The van der Waals surface area contributed by atoms with Gasteiger partial charge in [-0.2, -0.15) is 5.10 Å². The Morgan fingerprint density at radius 3 is 2.30 bits per heavy atom. The Balaban J connectivity index is 1.59. The maximum absolute atomic E-state index is 13.1. The van der Waals surface area contributed by atoms with Crippen LogP contribution < -0.4 is 5.32 Å². The summed E-state index contributed by atoms with van der Waals surface area (Å²) in [6.45, 7) is 2.82. The maximum Gasteiger partial charge on any atom is 0.335 e. The molecule has 0 fully saturated rings. The van der Waals surface area contributed by atoms with Crippen molar-refractivity contribution in [2.45, 2.75) is 20.0 Å². The first kappa shape index (κ1) is 19.4. The van der Waals surface area contributed by atoms with Crippen LogP contribution in [0.3, 0.4) is 0 Å². The monoisotopic (exact) mass is 399 g/mol. The van der Waals surface area contributed by atoms with E-state index >= 15 is 0 Å². The Bertz CT molecular complexity index is 1210. The van der Waals surface area contributed by atoms with Gasteiger partial charge in [-0.05, 0) is 36.2 Å². The molecule has 1 heterocycles. The van der Waals surface area contributed by atoms with Gasteiger partial charge in [0.15, 0.2) is 0 Å². The zero-order chi connectivity index (χ0) is 21.1. The van der Waals surface area contributed by atoms with E-state index in [4.69, 9.17) is 5.11 Å². The van der Waals surface area contributed by atoms with Crippen LogP contribution in [0, 0.1) is 6.92 Å². The Kier molecular flexibility index (Phi) is 5.30. The van der Waals surface area contributed by atoms with Crippen LogP contribution in [-0.4, -0.2) is 26.8 Å². The van der Waals surface area contributed by atoms with Gasteiger partial charge in [0.2, 0.25) is 0 Å². The molecule has 0 saturated carbocycles. The molecule has 6 nitrogen and oxygen atoms in total. The third-order valence-corrected chi connectivity index (χ3v) is 4.97. The van der Waals surface area contributed by atoms with Crippen LogP contribution in [-0.2, 0) is 13.1 Å². The lowest BCUT2D eigenvalue weighted by Gasteiger charge is -2.10. The second kappa shape index (κ2) is 8.21. The van der Waals surface area contributed by atoms with E-state index in [-0.39, 0.29) is 11.5 Å². The number of aryl methyl sites for hydroxylation is 1. The zero-order valence-electron chi connectivity index (χ0n) is 16.5. The summed E-state index contributed by atoms with van der Waals surface area (Å²) >= 11 is 0. The molecule has 0 aliphatic rings. The van der Waals surface area contributed by atoms with Gasteiger partial charge in [-0.3, -0.25) is 9.48 Å². The topological polar surface area (TPSA) is 84.2 Å². The molecule has 4 aromatic rings. The van der Waals surface area contributed by atoms with Crippen molar-refractivity contribution in [2.24, 2.45) is 0 Å². The fraction of sp³-hybridized carbons (Fsp3) is 0.125. The van der Waals surface area contributed by atoms with Gasteiger partial charge in [-0.1, -0.05) is 60.2 Å². The summed E-state index contributed by atoms with van der Waals surface area (Å²) in [5.41, 5.74) is 4.55. The van der Waals surface area contributed by atoms with Gasteiger partial charge >= 0.3 is 5.97 Å². The second-order valence-corrected chi connectivity index (χ2v) is 7.19. The van der Waals surface area contributed by atoms with Crippen molar-refractivity contribution in [3.63, 3.8) is 0 Å². The number of amides is 1. The number of carbonyl (C=O) groups excluding carboxylic acids is 1. The van der Waals surface area contributed by atoms with Gasteiger partial charge in [0.25, 0.3) is 5.91 Å². The number of rotatable bonds is 6. The number of carbonyl (C=O) groups is 2. The lowest BCUT2D eigenvalue weighted by molar-refractivity contribution is 0.0696. The summed E-state index contributed by atoms with van der Waals surface area (Å²) < 4.78 is 1.73. The summed E-state index contributed by atoms with van der Waals surface area (Å²) in [6.07, 6.45) is 0. The molecule has 6 heteroatoms. The number of nitrogens with zero attached hydrogens (tertiary/aromatic N) is 2. The Labute approximate surface area is 173 Å². The molecule has 0 aliphatic carbocycles. The number of hydrogen-bond acceptors (Lipinski definition) is 3. The summed E-state index contributed by atoms with van der Waals surface area (Å²) in [5, 5.41) is 17.4. The highest BCUT2D eigenvalue weighted by molar-refractivity contribution is 6.05. The third kappa shape index (κ3) is 4.07. The molecule has 4 rings (SSSR count). The molecular formula is C24H21N3O3. The van der Waals surface area contributed by atoms with Crippen molar-refractivity contribution in [2.75, 3.05) is 0 Å². The van der Waals surface area contributed by atoms with Crippen LogP contribution in [0.2, 0.25) is 0 Å². The van der Waals surface area contributed by atoms with Crippen molar-refractivity contribution in [3.8, 4) is 0 Å². The van der Waals surface area contributed by atoms with E-state index in [2.05, 4.69) is 10.4 Å². The van der Waals surface area contributed by atoms with Gasteiger partial charge in [0.05, 0.1) is 17.6 Å². The van der Waals surface area contributed by atoms with Crippen LogP contribution >= 0.6 is 0 Å². The number of nitrogens with one attached hydrogen (secondary N) is 1. The zero-order valence-corrected chi connectivity index (χ0v) is 16.5. The van der Waals surface area contributed by atoms with Crippen molar-refractivity contribution in [1.82, 2.24) is 15.1 Å². The largest absolute Gasteiger partial charge is 0.478 e. The number of carboxylic acid groups (broad SMARTS) is 1. The number of hydrogen-bond donors (Lipinski definition) is 2. The molecule has 150 valence electrons. The van der Waals surface area contributed by atoms with Gasteiger partial charge in [-0.25, -0.2) is 4.79 Å². The fourth-order valence-corrected chi connectivity index (χ4v) is 3.33. The van der Waals surface area contributed by atoms with Gasteiger partial charge < -0.3 is 10.4 Å². The smallest absolute Gasteiger partial charge is 0.335 e. The molecule has 1 aromatic heterocycles. The molecule has 0 atom stereocenters. The molecule has 0 unspecified atom stereocenters. The first-order valence-electron chi connectivity index (χ1n) is 9.63. The number of fused-ring (bicyclic) bond motifs is 1. The molecule has 0 aliphatic heterocycles. The molecule has 0 spiro atoms. The molecule has 2 N–H and O–H groups in total. The average Bonchev–Trinajstić information content (AvgIpc) is 3.12. The predicted octanol–water partition coefficient (Wildman–Crippen LogP) is 4.02. The van der Waals surface area contributed by atoms with Crippen LogP contribution in [0.15, 0.2) is 72.8 Å². The standard InChI is InChI=1S/C24H21N3O3/c1-16-6-8-18(9-7-16)15-27-22(20-4-2-3-5-21(20)26-27)23(28)25-14-17-10-12-19(13-11-17)24(29)30/h2-13H,14-15H2,1H3,(H,25,28)(H,29,30). The van der Waals surface area contributed by atoms with E-state index in [1.165, 1.54) is 17.7 Å². The average molecular weight is 399 g/mol.